The Morgan fingerprint density at radius 1 is 1.37 bits per heavy atom. The van der Waals surface area contributed by atoms with Gasteiger partial charge in [-0.15, -0.1) is 0 Å². The zero-order valence-corrected chi connectivity index (χ0v) is 11.3. The number of carboxylic acids is 1. The van der Waals surface area contributed by atoms with Gasteiger partial charge in [-0.2, -0.15) is 5.26 Å². The van der Waals surface area contributed by atoms with Crippen LogP contribution < -0.4 is 5.32 Å². The van der Waals surface area contributed by atoms with Crippen molar-refractivity contribution in [2.45, 2.75) is 45.1 Å². The zero-order chi connectivity index (χ0) is 14.3. The SMILES string of the molecule is CCN(CCC#N)C(=O)NC1CCC(C(=O)O)CC1. The van der Waals surface area contributed by atoms with Crippen molar-refractivity contribution in [3.05, 3.63) is 0 Å². The Kier molecular flexibility index (Phi) is 6.13. The molecule has 0 aromatic rings. The molecule has 1 rings (SSSR count). The number of nitrogens with zero attached hydrogens (tertiary/aromatic N) is 2. The van der Waals surface area contributed by atoms with Crippen molar-refractivity contribution in [3.63, 3.8) is 0 Å². The van der Waals surface area contributed by atoms with Gasteiger partial charge in [0, 0.05) is 19.1 Å². The minimum Gasteiger partial charge on any atom is -0.481 e. The van der Waals surface area contributed by atoms with E-state index in [1.165, 1.54) is 0 Å². The predicted octanol–water partition coefficient (Wildman–Crippen LogP) is 1.57. The molecule has 0 aliphatic heterocycles. The van der Waals surface area contributed by atoms with Crippen molar-refractivity contribution in [2.24, 2.45) is 5.92 Å². The maximum atomic E-state index is 12.0. The van der Waals surface area contributed by atoms with Gasteiger partial charge in [-0.05, 0) is 32.6 Å². The third-order valence-corrected chi connectivity index (χ3v) is 3.57. The summed E-state index contributed by atoms with van der Waals surface area (Å²) in [6.07, 6.45) is 2.97. The minimum absolute atomic E-state index is 0.0548. The largest absolute Gasteiger partial charge is 0.481 e. The second-order valence-electron chi connectivity index (χ2n) is 4.82. The number of amides is 2. The summed E-state index contributed by atoms with van der Waals surface area (Å²) < 4.78 is 0. The maximum Gasteiger partial charge on any atom is 0.317 e. The van der Waals surface area contributed by atoms with Crippen LogP contribution in [0, 0.1) is 17.2 Å². The number of carbonyl (C=O) groups is 2. The number of carboxylic acid groups (broad SMARTS) is 1. The fourth-order valence-electron chi connectivity index (χ4n) is 2.34. The topological polar surface area (TPSA) is 93.4 Å². The van der Waals surface area contributed by atoms with Crippen molar-refractivity contribution in [1.82, 2.24) is 10.2 Å². The number of carbonyl (C=O) groups excluding carboxylic acids is 1. The highest BCUT2D eigenvalue weighted by atomic mass is 16.4. The standard InChI is InChI=1S/C13H21N3O3/c1-2-16(9-3-8-14)13(19)15-11-6-4-10(5-7-11)12(17)18/h10-11H,2-7,9H2,1H3,(H,15,19)(H,17,18). The van der Waals surface area contributed by atoms with E-state index in [2.05, 4.69) is 5.32 Å². The lowest BCUT2D eigenvalue weighted by atomic mass is 9.86. The first-order valence-corrected chi connectivity index (χ1v) is 6.73. The number of aliphatic carboxylic acids is 1. The van der Waals surface area contributed by atoms with Crippen LogP contribution in [0.5, 0.6) is 0 Å². The monoisotopic (exact) mass is 267 g/mol. The Balaban J connectivity index is 2.37. The molecule has 0 aromatic carbocycles. The molecule has 6 heteroatoms. The van der Waals surface area contributed by atoms with Crippen LogP contribution in [0.15, 0.2) is 0 Å². The second kappa shape index (κ2) is 7.62. The van der Waals surface area contributed by atoms with Crippen LogP contribution in [0.4, 0.5) is 4.79 Å². The van der Waals surface area contributed by atoms with Crippen LogP contribution in [0.2, 0.25) is 0 Å². The molecule has 0 radical (unpaired) electrons. The molecule has 0 saturated heterocycles. The quantitative estimate of drug-likeness (QED) is 0.790. The summed E-state index contributed by atoms with van der Waals surface area (Å²) >= 11 is 0. The normalized spacial score (nSPS) is 22.3. The number of hydrogen-bond donors (Lipinski definition) is 2. The molecule has 1 saturated carbocycles. The van der Waals surface area contributed by atoms with E-state index in [0.717, 1.165) is 0 Å². The summed E-state index contributed by atoms with van der Waals surface area (Å²) in [6, 6.07) is 1.92. The van der Waals surface area contributed by atoms with Gasteiger partial charge in [-0.25, -0.2) is 4.79 Å². The smallest absolute Gasteiger partial charge is 0.317 e. The molecule has 2 N–H and O–H groups in total. The van der Waals surface area contributed by atoms with Crippen LogP contribution in [-0.4, -0.2) is 41.1 Å². The Morgan fingerprint density at radius 3 is 2.47 bits per heavy atom. The Labute approximate surface area is 113 Å². The number of nitrogens with one attached hydrogen (secondary N) is 1. The van der Waals surface area contributed by atoms with Gasteiger partial charge < -0.3 is 15.3 Å². The zero-order valence-electron chi connectivity index (χ0n) is 11.3. The van der Waals surface area contributed by atoms with Crippen molar-refractivity contribution in [2.75, 3.05) is 13.1 Å². The van der Waals surface area contributed by atoms with Gasteiger partial charge >= 0.3 is 12.0 Å². The van der Waals surface area contributed by atoms with Gasteiger partial charge in [0.1, 0.15) is 0 Å². The number of hydrogen-bond acceptors (Lipinski definition) is 3. The first kappa shape index (κ1) is 15.3. The molecule has 1 aliphatic rings. The molecule has 0 heterocycles. The van der Waals surface area contributed by atoms with Gasteiger partial charge in [0.15, 0.2) is 0 Å². The summed E-state index contributed by atoms with van der Waals surface area (Å²) in [7, 11) is 0. The van der Waals surface area contributed by atoms with E-state index in [0.29, 0.717) is 45.2 Å². The van der Waals surface area contributed by atoms with E-state index in [4.69, 9.17) is 10.4 Å². The number of rotatable bonds is 5. The molecule has 106 valence electrons. The van der Waals surface area contributed by atoms with Crippen LogP contribution in [-0.2, 0) is 4.79 Å². The molecule has 2 amide bonds. The molecular weight excluding hydrogens is 246 g/mol. The molecular formula is C13H21N3O3. The van der Waals surface area contributed by atoms with Crippen LogP contribution in [0.3, 0.4) is 0 Å². The summed E-state index contributed by atoms with van der Waals surface area (Å²) in [4.78, 5) is 24.4. The Hall–Kier alpha value is -1.77. The van der Waals surface area contributed by atoms with Crippen LogP contribution >= 0.6 is 0 Å². The Morgan fingerprint density at radius 2 is 2.00 bits per heavy atom. The highest BCUT2D eigenvalue weighted by molar-refractivity contribution is 5.74. The molecule has 19 heavy (non-hydrogen) atoms. The summed E-state index contributed by atoms with van der Waals surface area (Å²) in [5.74, 6) is -1.01. The number of nitriles is 1. The maximum absolute atomic E-state index is 12.0. The first-order chi connectivity index (χ1) is 9.08. The molecule has 1 aliphatic carbocycles. The van der Waals surface area contributed by atoms with E-state index >= 15 is 0 Å². The van der Waals surface area contributed by atoms with Crippen molar-refractivity contribution in [3.8, 4) is 6.07 Å². The minimum atomic E-state index is -0.742. The summed E-state index contributed by atoms with van der Waals surface area (Å²) in [5.41, 5.74) is 0. The fraction of sp³-hybridized carbons (Fsp3) is 0.769. The van der Waals surface area contributed by atoms with Gasteiger partial charge in [-0.1, -0.05) is 0 Å². The van der Waals surface area contributed by atoms with E-state index in [9.17, 15) is 9.59 Å². The molecule has 0 aromatic heterocycles. The lowest BCUT2D eigenvalue weighted by Gasteiger charge is -2.29. The lowest BCUT2D eigenvalue weighted by molar-refractivity contribution is -0.142. The predicted molar refractivity (Wildman–Crippen MR) is 69.4 cm³/mol. The van der Waals surface area contributed by atoms with E-state index in [1.807, 2.05) is 13.0 Å². The third-order valence-electron chi connectivity index (χ3n) is 3.57. The average Bonchev–Trinajstić information content (AvgIpc) is 2.40. The van der Waals surface area contributed by atoms with Crippen molar-refractivity contribution >= 4 is 12.0 Å². The van der Waals surface area contributed by atoms with Crippen LogP contribution in [0.1, 0.15) is 39.0 Å². The highest BCUT2D eigenvalue weighted by Gasteiger charge is 2.27. The molecule has 0 bridgehead atoms. The molecule has 0 spiro atoms. The Bertz CT molecular complexity index is 357. The highest BCUT2D eigenvalue weighted by Crippen LogP contribution is 2.24. The molecule has 0 atom stereocenters. The van der Waals surface area contributed by atoms with E-state index in [1.54, 1.807) is 4.90 Å². The van der Waals surface area contributed by atoms with E-state index < -0.39 is 5.97 Å². The van der Waals surface area contributed by atoms with Crippen molar-refractivity contribution in [1.29, 1.82) is 5.26 Å². The number of urea groups is 1. The molecule has 0 unspecified atom stereocenters. The van der Waals surface area contributed by atoms with E-state index in [-0.39, 0.29) is 18.0 Å². The summed E-state index contributed by atoms with van der Waals surface area (Å²) in [6.45, 7) is 2.87. The van der Waals surface area contributed by atoms with Crippen molar-refractivity contribution < 1.29 is 14.7 Å². The lowest BCUT2D eigenvalue weighted by Crippen LogP contribution is -2.46. The molecule has 1 fully saturated rings. The average molecular weight is 267 g/mol. The second-order valence-corrected chi connectivity index (χ2v) is 4.82. The van der Waals surface area contributed by atoms with Gasteiger partial charge in [0.25, 0.3) is 0 Å². The molecule has 6 nitrogen and oxygen atoms in total. The fourth-order valence-corrected chi connectivity index (χ4v) is 2.34. The van der Waals surface area contributed by atoms with Crippen LogP contribution in [0.25, 0.3) is 0 Å². The summed E-state index contributed by atoms with van der Waals surface area (Å²) in [5, 5.41) is 20.4. The van der Waals surface area contributed by atoms with Gasteiger partial charge in [0.05, 0.1) is 18.4 Å². The first-order valence-electron chi connectivity index (χ1n) is 6.73. The third kappa shape index (κ3) is 4.78. The van der Waals surface area contributed by atoms with Gasteiger partial charge in [0.2, 0.25) is 0 Å². The van der Waals surface area contributed by atoms with Gasteiger partial charge in [-0.3, -0.25) is 4.79 Å².